The monoisotopic (exact) mass is 532 g/mol. The highest BCUT2D eigenvalue weighted by Gasteiger charge is 2.24. The quantitative estimate of drug-likeness (QED) is 0.208. The van der Waals surface area contributed by atoms with Gasteiger partial charge in [0.05, 0.1) is 5.69 Å². The van der Waals surface area contributed by atoms with E-state index in [1.807, 2.05) is 98.3 Å². The molecule has 0 saturated carbocycles. The minimum atomic E-state index is -0.401. The van der Waals surface area contributed by atoms with E-state index in [2.05, 4.69) is 22.4 Å². The number of carbonyl (C=O) groups excluding carboxylic acids is 1. The Balaban J connectivity index is 1.59. The van der Waals surface area contributed by atoms with E-state index in [0.29, 0.717) is 0 Å². The van der Waals surface area contributed by atoms with E-state index in [4.69, 9.17) is 4.74 Å². The second-order valence-corrected chi connectivity index (χ2v) is 10.7. The maximum Gasteiger partial charge on any atom is 0.242 e. The molecule has 184 valence electrons. The molecule has 1 heterocycles. The first-order valence-corrected chi connectivity index (χ1v) is 15.0. The molecule has 0 fully saturated rings. The number of pyridine rings is 1. The van der Waals surface area contributed by atoms with Crippen molar-refractivity contribution in [1.82, 2.24) is 4.98 Å². The zero-order valence-electron chi connectivity index (χ0n) is 20.4. The third kappa shape index (κ3) is 6.87. The first-order chi connectivity index (χ1) is 17.6. The topological polar surface area (TPSA) is 51.2 Å². The highest BCUT2D eigenvalue weighted by molar-refractivity contribution is 8.00. The van der Waals surface area contributed by atoms with Crippen molar-refractivity contribution in [2.24, 2.45) is 0 Å². The second-order valence-electron chi connectivity index (χ2n) is 8.00. The average molecular weight is 533 g/mol. The molecule has 0 bridgehead atoms. The Morgan fingerprint density at radius 2 is 1.53 bits per heavy atom. The molecule has 36 heavy (non-hydrogen) atoms. The van der Waals surface area contributed by atoms with Crippen LogP contribution in [-0.2, 0) is 10.5 Å². The van der Waals surface area contributed by atoms with Crippen molar-refractivity contribution < 1.29 is 9.53 Å². The van der Waals surface area contributed by atoms with Gasteiger partial charge in [-0.3, -0.25) is 4.79 Å². The molecule has 0 saturated heterocycles. The van der Waals surface area contributed by atoms with Crippen LogP contribution in [0.25, 0.3) is 0 Å². The Bertz CT molecular complexity index is 1260. The number of carbonyl (C=O) groups is 1. The zero-order chi connectivity index (χ0) is 25.3. The zero-order valence-corrected chi connectivity index (χ0v) is 22.9. The number of nitrogens with one attached hydrogen (secondary N) is 1. The summed E-state index contributed by atoms with van der Waals surface area (Å²) in [6.45, 7) is 1.97. The Morgan fingerprint density at radius 3 is 2.17 bits per heavy atom. The summed E-state index contributed by atoms with van der Waals surface area (Å²) in [6, 6.07) is 29.7. The first-order valence-electron chi connectivity index (χ1n) is 11.5. The fourth-order valence-corrected chi connectivity index (χ4v) is 6.06. The highest BCUT2D eigenvalue weighted by Crippen LogP contribution is 2.38. The van der Waals surface area contributed by atoms with Gasteiger partial charge < -0.3 is 10.1 Å². The molecule has 7 heteroatoms. The lowest BCUT2D eigenvalue weighted by Crippen LogP contribution is -2.20. The molecule has 4 rings (SSSR count). The van der Waals surface area contributed by atoms with Gasteiger partial charge in [-0.15, -0.1) is 35.3 Å². The third-order valence-corrected chi connectivity index (χ3v) is 8.16. The van der Waals surface area contributed by atoms with Crippen molar-refractivity contribution in [3.63, 3.8) is 0 Å². The number of para-hydroxylation sites is 1. The van der Waals surface area contributed by atoms with E-state index >= 15 is 0 Å². The molecule has 4 nitrogen and oxygen atoms in total. The number of benzene rings is 3. The van der Waals surface area contributed by atoms with Crippen LogP contribution >= 0.6 is 35.3 Å². The SMILES string of the molecule is CSc1cc(C)nc(SC)c1NC(=O)C(SCc1ccccc1)c1ccc(Oc2ccccc2)cc1. The van der Waals surface area contributed by atoms with Crippen LogP contribution in [0.4, 0.5) is 5.69 Å². The van der Waals surface area contributed by atoms with Gasteiger partial charge in [0.2, 0.25) is 5.91 Å². The van der Waals surface area contributed by atoms with Gasteiger partial charge >= 0.3 is 0 Å². The first kappa shape index (κ1) is 26.2. The average Bonchev–Trinajstić information content (AvgIpc) is 2.91. The van der Waals surface area contributed by atoms with E-state index in [0.717, 1.165) is 44.1 Å². The largest absolute Gasteiger partial charge is 0.457 e. The van der Waals surface area contributed by atoms with Gasteiger partial charge in [-0.25, -0.2) is 4.98 Å². The summed E-state index contributed by atoms with van der Waals surface area (Å²) in [5.74, 6) is 2.16. The van der Waals surface area contributed by atoms with Gasteiger partial charge in [0, 0.05) is 16.3 Å². The van der Waals surface area contributed by atoms with Crippen molar-refractivity contribution in [3.8, 4) is 11.5 Å². The van der Waals surface area contributed by atoms with E-state index in [1.54, 1.807) is 23.5 Å². The molecule has 0 aliphatic heterocycles. The molecule has 0 radical (unpaired) electrons. The van der Waals surface area contributed by atoms with E-state index in [1.165, 1.54) is 17.3 Å². The van der Waals surface area contributed by atoms with Crippen LogP contribution < -0.4 is 10.1 Å². The number of thioether (sulfide) groups is 3. The number of aryl methyl sites for hydroxylation is 1. The van der Waals surface area contributed by atoms with Gasteiger partial charge in [-0.05, 0) is 60.9 Å². The molecule has 4 aromatic rings. The predicted molar refractivity (Wildman–Crippen MR) is 155 cm³/mol. The molecule has 1 aromatic heterocycles. The van der Waals surface area contributed by atoms with Crippen molar-refractivity contribution in [3.05, 3.63) is 108 Å². The summed E-state index contributed by atoms with van der Waals surface area (Å²) in [7, 11) is 0. The number of nitrogens with zero attached hydrogens (tertiary/aromatic N) is 1. The van der Waals surface area contributed by atoms with E-state index in [9.17, 15) is 4.79 Å². The maximum absolute atomic E-state index is 13.7. The summed E-state index contributed by atoms with van der Waals surface area (Å²) in [6.07, 6.45) is 4.00. The van der Waals surface area contributed by atoms with Gasteiger partial charge in [-0.1, -0.05) is 60.7 Å². The lowest BCUT2D eigenvalue weighted by atomic mass is 10.1. The van der Waals surface area contributed by atoms with E-state index in [-0.39, 0.29) is 5.91 Å². The van der Waals surface area contributed by atoms with Crippen LogP contribution in [0.3, 0.4) is 0 Å². The minimum Gasteiger partial charge on any atom is -0.457 e. The number of rotatable bonds is 10. The van der Waals surface area contributed by atoms with Crippen LogP contribution in [0, 0.1) is 6.92 Å². The van der Waals surface area contributed by atoms with Gasteiger partial charge in [0.25, 0.3) is 0 Å². The number of hydrogen-bond donors (Lipinski definition) is 1. The molecular weight excluding hydrogens is 505 g/mol. The Kier molecular flexibility index (Phi) is 9.39. The Hall–Kier alpha value is -2.87. The normalized spacial score (nSPS) is 11.6. The van der Waals surface area contributed by atoms with Gasteiger partial charge in [0.15, 0.2) is 0 Å². The highest BCUT2D eigenvalue weighted by atomic mass is 32.2. The van der Waals surface area contributed by atoms with Crippen molar-refractivity contribution in [2.45, 2.75) is 27.8 Å². The molecule has 0 spiro atoms. The van der Waals surface area contributed by atoms with Crippen LogP contribution in [-0.4, -0.2) is 23.4 Å². The van der Waals surface area contributed by atoms with Crippen molar-refractivity contribution >= 4 is 46.9 Å². The lowest BCUT2D eigenvalue weighted by molar-refractivity contribution is -0.115. The molecule has 1 amide bonds. The fourth-order valence-electron chi connectivity index (χ4n) is 3.64. The summed E-state index contributed by atoms with van der Waals surface area (Å²) >= 11 is 4.76. The van der Waals surface area contributed by atoms with Crippen molar-refractivity contribution in [1.29, 1.82) is 0 Å². The van der Waals surface area contributed by atoms with Gasteiger partial charge in [0.1, 0.15) is 21.8 Å². The molecule has 0 aliphatic carbocycles. The molecule has 1 N–H and O–H groups in total. The number of hydrogen-bond acceptors (Lipinski definition) is 6. The summed E-state index contributed by atoms with van der Waals surface area (Å²) < 4.78 is 5.95. The summed E-state index contributed by atoms with van der Waals surface area (Å²) in [5, 5.41) is 3.63. The van der Waals surface area contributed by atoms with Crippen LogP contribution in [0.1, 0.15) is 22.1 Å². The Labute approximate surface area is 225 Å². The number of amides is 1. The van der Waals surface area contributed by atoms with Crippen LogP contribution in [0.5, 0.6) is 11.5 Å². The van der Waals surface area contributed by atoms with Crippen molar-refractivity contribution in [2.75, 3.05) is 17.8 Å². The maximum atomic E-state index is 13.7. The van der Waals surface area contributed by atoms with Gasteiger partial charge in [-0.2, -0.15) is 0 Å². The second kappa shape index (κ2) is 12.9. The number of ether oxygens (including phenoxy) is 1. The molecule has 1 atom stereocenters. The molecule has 0 aliphatic rings. The predicted octanol–water partition coefficient (Wildman–Crippen LogP) is 8.24. The van der Waals surface area contributed by atoms with Crippen LogP contribution in [0.15, 0.2) is 101 Å². The minimum absolute atomic E-state index is 0.0658. The van der Waals surface area contributed by atoms with E-state index < -0.39 is 5.25 Å². The molecule has 3 aromatic carbocycles. The molecule has 1 unspecified atom stereocenters. The fraction of sp³-hybridized carbons (Fsp3) is 0.172. The molecular formula is C29H28N2O2S3. The number of aromatic nitrogens is 1. The Morgan fingerprint density at radius 1 is 0.889 bits per heavy atom. The summed E-state index contributed by atoms with van der Waals surface area (Å²) in [5.41, 5.74) is 3.81. The number of anilines is 1. The third-order valence-electron chi connectivity index (χ3n) is 5.40. The lowest BCUT2D eigenvalue weighted by Gasteiger charge is -2.20. The smallest absolute Gasteiger partial charge is 0.242 e. The standard InChI is InChI=1S/C29H28N2O2S3/c1-20-18-25(34-2)26(29(30-20)35-3)31-28(32)27(36-19-21-10-6-4-7-11-21)22-14-16-24(17-15-22)33-23-12-8-5-9-13-23/h4-18,27H,19H2,1-3H3,(H,31,32). The van der Waals surface area contributed by atoms with Crippen LogP contribution in [0.2, 0.25) is 0 Å². The summed E-state index contributed by atoms with van der Waals surface area (Å²) in [4.78, 5) is 19.4.